The van der Waals surface area contributed by atoms with Gasteiger partial charge in [0.1, 0.15) is 11.5 Å². The van der Waals surface area contributed by atoms with Crippen LogP contribution in [0, 0.1) is 0 Å². The molecule has 0 bridgehead atoms. The fraction of sp³-hybridized carbons (Fsp3) is 0.364. The number of aliphatic hydroxyl groups excluding tert-OH is 1. The number of hydrogen-bond donors (Lipinski definition) is 1. The van der Waals surface area contributed by atoms with Crippen molar-refractivity contribution in [3.8, 4) is 5.75 Å². The summed E-state index contributed by atoms with van der Waals surface area (Å²) in [4.78, 5) is 10.8. The van der Waals surface area contributed by atoms with Crippen molar-refractivity contribution in [1.82, 2.24) is 0 Å². The summed E-state index contributed by atoms with van der Waals surface area (Å²) >= 11 is 0. The van der Waals surface area contributed by atoms with Crippen LogP contribution in [0.2, 0.25) is 0 Å². The Hall–Kier alpha value is -1.35. The Kier molecular flexibility index (Phi) is 3.65. The number of ether oxygens (including phenoxy) is 1. The van der Waals surface area contributed by atoms with E-state index >= 15 is 0 Å². The molecule has 0 aliphatic carbocycles. The van der Waals surface area contributed by atoms with Crippen molar-refractivity contribution < 1.29 is 14.6 Å². The summed E-state index contributed by atoms with van der Waals surface area (Å²) in [7, 11) is 0. The number of ketones is 1. The van der Waals surface area contributed by atoms with Crippen LogP contribution in [-0.4, -0.2) is 17.2 Å². The molecule has 14 heavy (non-hydrogen) atoms. The summed E-state index contributed by atoms with van der Waals surface area (Å²) in [6, 6.07) is 7.12. The number of aliphatic hydroxyl groups is 1. The molecule has 0 fully saturated rings. The molecule has 1 aromatic carbocycles. The van der Waals surface area contributed by atoms with E-state index in [1.165, 1.54) is 0 Å². The van der Waals surface area contributed by atoms with E-state index in [0.29, 0.717) is 12.2 Å². The van der Waals surface area contributed by atoms with Crippen molar-refractivity contribution in [3.05, 3.63) is 29.8 Å². The number of Topliss-reactive ketones (excluding diaryl/α,β-unsaturated/α-hetero) is 1. The van der Waals surface area contributed by atoms with Crippen LogP contribution in [0.25, 0.3) is 0 Å². The zero-order valence-electron chi connectivity index (χ0n) is 8.36. The van der Waals surface area contributed by atoms with E-state index in [4.69, 9.17) is 9.84 Å². The van der Waals surface area contributed by atoms with Crippen LogP contribution in [-0.2, 0) is 11.2 Å². The van der Waals surface area contributed by atoms with E-state index in [1.54, 1.807) is 26.0 Å². The standard InChI is InChI=1S/C11H14O3/c1-8(12)7-10-3-5-11(6-4-10)14-9(2)13/h3-6,9,13H,7H2,1-2H3. The van der Waals surface area contributed by atoms with Gasteiger partial charge in [-0.15, -0.1) is 0 Å². The molecule has 0 heterocycles. The predicted octanol–water partition coefficient (Wildman–Crippen LogP) is 1.54. The average Bonchev–Trinajstić information content (AvgIpc) is 2.06. The highest BCUT2D eigenvalue weighted by atomic mass is 16.6. The van der Waals surface area contributed by atoms with E-state index in [2.05, 4.69) is 0 Å². The minimum Gasteiger partial charge on any atom is -0.465 e. The lowest BCUT2D eigenvalue weighted by molar-refractivity contribution is -0.116. The number of rotatable bonds is 4. The lowest BCUT2D eigenvalue weighted by atomic mass is 10.1. The van der Waals surface area contributed by atoms with Gasteiger partial charge in [0.05, 0.1) is 0 Å². The zero-order valence-corrected chi connectivity index (χ0v) is 8.36. The second kappa shape index (κ2) is 4.77. The number of benzene rings is 1. The van der Waals surface area contributed by atoms with Gasteiger partial charge in [0.2, 0.25) is 0 Å². The second-order valence-electron chi connectivity index (χ2n) is 3.24. The van der Waals surface area contributed by atoms with E-state index in [1.807, 2.05) is 12.1 Å². The van der Waals surface area contributed by atoms with Gasteiger partial charge >= 0.3 is 0 Å². The molecule has 1 atom stereocenters. The van der Waals surface area contributed by atoms with E-state index in [9.17, 15) is 4.79 Å². The molecule has 3 nitrogen and oxygen atoms in total. The summed E-state index contributed by atoms with van der Waals surface area (Å²) in [6.45, 7) is 3.10. The maximum Gasteiger partial charge on any atom is 0.194 e. The lowest BCUT2D eigenvalue weighted by Crippen LogP contribution is -2.09. The molecule has 0 spiro atoms. The number of carbonyl (C=O) groups is 1. The minimum absolute atomic E-state index is 0.134. The summed E-state index contributed by atoms with van der Waals surface area (Å²) in [5.41, 5.74) is 0.954. The van der Waals surface area contributed by atoms with Gasteiger partial charge in [-0.2, -0.15) is 0 Å². The first kappa shape index (κ1) is 10.7. The molecule has 0 saturated carbocycles. The molecule has 76 valence electrons. The average molecular weight is 194 g/mol. The molecule has 1 aromatic rings. The smallest absolute Gasteiger partial charge is 0.194 e. The quantitative estimate of drug-likeness (QED) is 0.739. The highest BCUT2D eigenvalue weighted by Gasteiger charge is 2.00. The van der Waals surface area contributed by atoms with Crippen LogP contribution in [0.4, 0.5) is 0 Å². The first-order valence-electron chi connectivity index (χ1n) is 4.51. The first-order valence-corrected chi connectivity index (χ1v) is 4.51. The van der Waals surface area contributed by atoms with Gasteiger partial charge in [-0.05, 0) is 31.5 Å². The lowest BCUT2D eigenvalue weighted by Gasteiger charge is -2.08. The Morgan fingerprint density at radius 3 is 2.43 bits per heavy atom. The molecule has 0 saturated heterocycles. The van der Waals surface area contributed by atoms with Gasteiger partial charge < -0.3 is 9.84 Å². The highest BCUT2D eigenvalue weighted by molar-refractivity contribution is 5.78. The Morgan fingerprint density at radius 2 is 2.00 bits per heavy atom. The first-order chi connectivity index (χ1) is 6.58. The molecule has 0 amide bonds. The van der Waals surface area contributed by atoms with E-state index in [0.717, 1.165) is 5.56 Å². The van der Waals surface area contributed by atoms with Crippen molar-refractivity contribution >= 4 is 5.78 Å². The molecule has 0 aliphatic rings. The molecule has 0 aliphatic heterocycles. The fourth-order valence-electron chi connectivity index (χ4n) is 1.17. The predicted molar refractivity (Wildman–Crippen MR) is 53.1 cm³/mol. The maximum absolute atomic E-state index is 10.8. The molecule has 3 heteroatoms. The molecule has 0 aromatic heterocycles. The van der Waals surface area contributed by atoms with Crippen molar-refractivity contribution in [1.29, 1.82) is 0 Å². The maximum atomic E-state index is 10.8. The van der Waals surface area contributed by atoms with Crippen LogP contribution in [0.3, 0.4) is 0 Å². The summed E-state index contributed by atoms with van der Waals surface area (Å²) in [5, 5.41) is 8.94. The third-order valence-electron chi connectivity index (χ3n) is 1.68. The largest absolute Gasteiger partial charge is 0.465 e. The SMILES string of the molecule is CC(=O)Cc1ccc(OC(C)O)cc1. The van der Waals surface area contributed by atoms with Crippen LogP contribution in [0.5, 0.6) is 5.75 Å². The van der Waals surface area contributed by atoms with Gasteiger partial charge in [0.25, 0.3) is 0 Å². The molecule has 1 unspecified atom stereocenters. The van der Waals surface area contributed by atoms with Gasteiger partial charge in [-0.25, -0.2) is 0 Å². The molecule has 1 N–H and O–H groups in total. The second-order valence-corrected chi connectivity index (χ2v) is 3.24. The van der Waals surface area contributed by atoms with Crippen LogP contribution >= 0.6 is 0 Å². The Morgan fingerprint density at radius 1 is 1.43 bits per heavy atom. The third-order valence-corrected chi connectivity index (χ3v) is 1.68. The molecular weight excluding hydrogens is 180 g/mol. The molecule has 1 rings (SSSR count). The highest BCUT2D eigenvalue weighted by Crippen LogP contribution is 2.13. The number of carbonyl (C=O) groups excluding carboxylic acids is 1. The topological polar surface area (TPSA) is 46.5 Å². The summed E-state index contributed by atoms with van der Waals surface area (Å²) in [6.07, 6.45) is -0.372. The third kappa shape index (κ3) is 3.58. The van der Waals surface area contributed by atoms with Crippen molar-refractivity contribution in [2.45, 2.75) is 26.6 Å². The summed E-state index contributed by atoms with van der Waals surface area (Å²) < 4.78 is 5.04. The monoisotopic (exact) mass is 194 g/mol. The van der Waals surface area contributed by atoms with E-state index < -0.39 is 6.29 Å². The van der Waals surface area contributed by atoms with Crippen LogP contribution in [0.15, 0.2) is 24.3 Å². The van der Waals surface area contributed by atoms with Gasteiger partial charge in [-0.3, -0.25) is 4.79 Å². The molecule has 0 radical (unpaired) electrons. The number of hydrogen-bond acceptors (Lipinski definition) is 3. The Balaban J connectivity index is 2.63. The summed E-state index contributed by atoms with van der Waals surface area (Å²) in [5.74, 6) is 0.737. The van der Waals surface area contributed by atoms with Crippen LogP contribution < -0.4 is 4.74 Å². The van der Waals surface area contributed by atoms with Crippen LogP contribution in [0.1, 0.15) is 19.4 Å². The zero-order chi connectivity index (χ0) is 10.6. The van der Waals surface area contributed by atoms with Crippen molar-refractivity contribution in [2.75, 3.05) is 0 Å². The molecular formula is C11H14O3. The van der Waals surface area contributed by atoms with E-state index in [-0.39, 0.29) is 5.78 Å². The van der Waals surface area contributed by atoms with Crippen molar-refractivity contribution in [2.24, 2.45) is 0 Å². The van der Waals surface area contributed by atoms with Crippen molar-refractivity contribution in [3.63, 3.8) is 0 Å². The van der Waals surface area contributed by atoms with Gasteiger partial charge in [-0.1, -0.05) is 12.1 Å². The normalized spacial score (nSPS) is 12.2. The van der Waals surface area contributed by atoms with Gasteiger partial charge in [0.15, 0.2) is 6.29 Å². The minimum atomic E-state index is -0.811. The van der Waals surface area contributed by atoms with Gasteiger partial charge in [0, 0.05) is 6.42 Å². The Bertz CT molecular complexity index is 301. The Labute approximate surface area is 83.3 Å². The fourth-order valence-corrected chi connectivity index (χ4v) is 1.17.